The van der Waals surface area contributed by atoms with Gasteiger partial charge in [0.15, 0.2) is 0 Å². The summed E-state index contributed by atoms with van der Waals surface area (Å²) < 4.78 is 6.12. The summed E-state index contributed by atoms with van der Waals surface area (Å²) in [7, 11) is 0. The number of imide groups is 1. The quantitative estimate of drug-likeness (QED) is 0.560. The molecule has 0 aromatic heterocycles. The van der Waals surface area contributed by atoms with E-state index < -0.39 is 0 Å². The van der Waals surface area contributed by atoms with Gasteiger partial charge < -0.3 is 10.1 Å². The Morgan fingerprint density at radius 2 is 1.96 bits per heavy atom. The standard InChI is InChI=1S/C18H23N3O3S/c22-16-4-3-15(17(23)20-16)21-10-11-9-13(1-2-14(11)18(21)25)24-12-5-7-19-8-6-12/h1-2,9,12,15,18-19,25H,3-8,10H2,(H,20,22,23). The second-order valence-corrected chi connectivity index (χ2v) is 7.43. The fraction of sp³-hybridized carbons (Fsp3) is 0.556. The van der Waals surface area contributed by atoms with E-state index in [2.05, 4.69) is 27.7 Å². The van der Waals surface area contributed by atoms with Gasteiger partial charge in [0.05, 0.1) is 11.4 Å². The SMILES string of the molecule is O=C1CCC(N2Cc3cc(OC4CCNCC4)ccc3C2S)C(=O)N1. The van der Waals surface area contributed by atoms with E-state index in [1.165, 1.54) is 0 Å². The number of nitrogens with one attached hydrogen (secondary N) is 2. The van der Waals surface area contributed by atoms with Crippen molar-refractivity contribution >= 4 is 24.4 Å². The zero-order valence-corrected chi connectivity index (χ0v) is 14.9. The van der Waals surface area contributed by atoms with Crippen LogP contribution in [0.2, 0.25) is 0 Å². The predicted molar refractivity (Wildman–Crippen MR) is 96.4 cm³/mol. The number of fused-ring (bicyclic) bond motifs is 1. The van der Waals surface area contributed by atoms with Crippen LogP contribution in [0.4, 0.5) is 0 Å². The van der Waals surface area contributed by atoms with Gasteiger partial charge in [-0.05, 0) is 55.6 Å². The van der Waals surface area contributed by atoms with Crippen molar-refractivity contribution < 1.29 is 14.3 Å². The highest BCUT2D eigenvalue weighted by Crippen LogP contribution is 2.40. The minimum atomic E-state index is -0.304. The van der Waals surface area contributed by atoms with Gasteiger partial charge in [0.2, 0.25) is 11.8 Å². The molecule has 2 amide bonds. The van der Waals surface area contributed by atoms with Crippen molar-refractivity contribution in [2.75, 3.05) is 13.1 Å². The molecule has 3 aliphatic rings. The first-order chi connectivity index (χ1) is 12.1. The van der Waals surface area contributed by atoms with Crippen LogP contribution in [0, 0.1) is 0 Å². The number of hydrogen-bond donors (Lipinski definition) is 3. The van der Waals surface area contributed by atoms with Crippen molar-refractivity contribution in [1.29, 1.82) is 0 Å². The number of piperidine rings is 2. The number of rotatable bonds is 3. The third kappa shape index (κ3) is 3.41. The van der Waals surface area contributed by atoms with Crippen molar-refractivity contribution in [2.45, 2.75) is 49.7 Å². The molecule has 2 atom stereocenters. The molecule has 2 fully saturated rings. The normalized spacial score (nSPS) is 27.9. The van der Waals surface area contributed by atoms with Crippen LogP contribution in [-0.4, -0.2) is 41.9 Å². The second kappa shape index (κ2) is 6.97. The fourth-order valence-electron chi connectivity index (χ4n) is 3.89. The monoisotopic (exact) mass is 361 g/mol. The third-order valence-corrected chi connectivity index (χ3v) is 5.83. The van der Waals surface area contributed by atoms with E-state index in [9.17, 15) is 9.59 Å². The van der Waals surface area contributed by atoms with Gasteiger partial charge in [-0.3, -0.25) is 19.8 Å². The highest BCUT2D eigenvalue weighted by atomic mass is 32.1. The topological polar surface area (TPSA) is 70.7 Å². The van der Waals surface area contributed by atoms with Crippen LogP contribution >= 0.6 is 12.6 Å². The molecule has 4 rings (SSSR count). The van der Waals surface area contributed by atoms with E-state index in [4.69, 9.17) is 17.4 Å². The fourth-order valence-corrected chi connectivity index (χ4v) is 4.39. The van der Waals surface area contributed by atoms with Crippen LogP contribution in [-0.2, 0) is 16.1 Å². The smallest absolute Gasteiger partial charge is 0.243 e. The maximum absolute atomic E-state index is 12.2. The average molecular weight is 361 g/mol. The lowest BCUT2D eigenvalue weighted by Crippen LogP contribution is -2.51. The molecule has 2 unspecified atom stereocenters. The van der Waals surface area contributed by atoms with Gasteiger partial charge in [0.25, 0.3) is 0 Å². The van der Waals surface area contributed by atoms with Gasteiger partial charge in [-0.2, -0.15) is 12.6 Å². The number of ether oxygens (including phenoxy) is 1. The van der Waals surface area contributed by atoms with Crippen molar-refractivity contribution in [1.82, 2.24) is 15.5 Å². The summed E-state index contributed by atoms with van der Waals surface area (Å²) in [5.74, 6) is 0.483. The summed E-state index contributed by atoms with van der Waals surface area (Å²) in [5.41, 5.74) is 2.27. The van der Waals surface area contributed by atoms with Gasteiger partial charge >= 0.3 is 0 Å². The number of hydrogen-bond acceptors (Lipinski definition) is 6. The first kappa shape index (κ1) is 16.9. The first-order valence-electron chi connectivity index (χ1n) is 8.89. The molecule has 25 heavy (non-hydrogen) atoms. The maximum Gasteiger partial charge on any atom is 0.243 e. The Balaban J connectivity index is 1.48. The number of benzene rings is 1. The Morgan fingerprint density at radius 3 is 2.72 bits per heavy atom. The van der Waals surface area contributed by atoms with E-state index in [0.717, 1.165) is 42.8 Å². The molecule has 1 aromatic carbocycles. The lowest BCUT2D eigenvalue weighted by molar-refractivity contribution is -0.137. The van der Waals surface area contributed by atoms with Crippen molar-refractivity contribution in [3.8, 4) is 5.75 Å². The summed E-state index contributed by atoms with van der Waals surface area (Å²) in [5, 5.41) is 5.64. The van der Waals surface area contributed by atoms with Crippen LogP contribution < -0.4 is 15.4 Å². The lowest BCUT2D eigenvalue weighted by Gasteiger charge is -2.32. The van der Waals surface area contributed by atoms with Gasteiger partial charge in [-0.25, -0.2) is 0 Å². The zero-order valence-electron chi connectivity index (χ0n) is 14.0. The molecule has 3 aliphatic heterocycles. The number of amides is 2. The Kier molecular flexibility index (Phi) is 4.71. The molecule has 0 aliphatic carbocycles. The molecule has 0 bridgehead atoms. The molecule has 0 radical (unpaired) electrons. The molecule has 1 aromatic rings. The van der Waals surface area contributed by atoms with E-state index in [-0.39, 0.29) is 29.3 Å². The number of carbonyl (C=O) groups is 2. The Hall–Kier alpha value is -1.57. The lowest BCUT2D eigenvalue weighted by atomic mass is 10.0. The maximum atomic E-state index is 12.2. The summed E-state index contributed by atoms with van der Waals surface area (Å²) in [4.78, 5) is 25.6. The Bertz CT molecular complexity index is 690. The molecule has 2 N–H and O–H groups in total. The molecule has 6 nitrogen and oxygen atoms in total. The van der Waals surface area contributed by atoms with Crippen LogP contribution in [0.3, 0.4) is 0 Å². The van der Waals surface area contributed by atoms with Gasteiger partial charge in [-0.1, -0.05) is 6.07 Å². The van der Waals surface area contributed by atoms with Crippen molar-refractivity contribution in [3.05, 3.63) is 29.3 Å². The second-order valence-electron chi connectivity index (χ2n) is 6.94. The minimum Gasteiger partial charge on any atom is -0.490 e. The van der Waals surface area contributed by atoms with E-state index in [1.807, 2.05) is 6.07 Å². The number of carbonyl (C=O) groups excluding carboxylic acids is 2. The largest absolute Gasteiger partial charge is 0.490 e. The highest BCUT2D eigenvalue weighted by Gasteiger charge is 2.39. The molecule has 7 heteroatoms. The van der Waals surface area contributed by atoms with Crippen LogP contribution in [0.15, 0.2) is 18.2 Å². The van der Waals surface area contributed by atoms with Crippen molar-refractivity contribution in [3.63, 3.8) is 0 Å². The highest BCUT2D eigenvalue weighted by molar-refractivity contribution is 7.80. The van der Waals surface area contributed by atoms with E-state index >= 15 is 0 Å². The Morgan fingerprint density at radius 1 is 1.16 bits per heavy atom. The summed E-state index contributed by atoms with van der Waals surface area (Å²) in [6.07, 6.45) is 3.24. The van der Waals surface area contributed by atoms with Crippen LogP contribution in [0.25, 0.3) is 0 Å². The summed E-state index contributed by atoms with van der Waals surface area (Å²) >= 11 is 4.72. The molecule has 3 heterocycles. The Labute approximate surface area is 152 Å². The van der Waals surface area contributed by atoms with Gasteiger partial charge in [0, 0.05) is 13.0 Å². The molecule has 2 saturated heterocycles. The minimum absolute atomic E-state index is 0.133. The van der Waals surface area contributed by atoms with Crippen molar-refractivity contribution in [2.24, 2.45) is 0 Å². The van der Waals surface area contributed by atoms with E-state index in [1.54, 1.807) is 0 Å². The molecule has 0 saturated carbocycles. The van der Waals surface area contributed by atoms with Crippen LogP contribution in [0.5, 0.6) is 5.75 Å². The third-order valence-electron chi connectivity index (χ3n) is 5.26. The summed E-state index contributed by atoms with van der Waals surface area (Å²) in [6, 6.07) is 5.82. The number of thiol groups is 1. The molecule has 134 valence electrons. The van der Waals surface area contributed by atoms with E-state index in [0.29, 0.717) is 19.4 Å². The first-order valence-corrected chi connectivity index (χ1v) is 9.41. The molecular formula is C18H23N3O3S. The zero-order chi connectivity index (χ0) is 17.4. The van der Waals surface area contributed by atoms with Crippen LogP contribution in [0.1, 0.15) is 42.2 Å². The molecular weight excluding hydrogens is 338 g/mol. The molecule has 0 spiro atoms. The predicted octanol–water partition coefficient (Wildman–Crippen LogP) is 1.37. The average Bonchev–Trinajstić information content (AvgIpc) is 2.92. The summed E-state index contributed by atoms with van der Waals surface area (Å²) in [6.45, 7) is 2.65. The number of nitrogens with zero attached hydrogens (tertiary/aromatic N) is 1. The van der Waals surface area contributed by atoms with Gasteiger partial charge in [0.1, 0.15) is 11.9 Å². The van der Waals surface area contributed by atoms with Gasteiger partial charge in [-0.15, -0.1) is 0 Å².